The molecule has 200 valence electrons. The molecule has 1 aromatic carbocycles. The number of fused-ring (bicyclic) bond motifs is 1. The number of pyridine rings is 1. The number of benzene rings is 1. The van der Waals surface area contributed by atoms with Crippen LogP contribution in [0, 0.1) is 5.82 Å². The van der Waals surface area contributed by atoms with Crippen LogP contribution in [0.4, 0.5) is 4.39 Å². The molecule has 14 heteroatoms. The first kappa shape index (κ1) is 27.3. The Hall–Kier alpha value is -2.71. The number of nitrogens with two attached hydrogens (primary N) is 3. The van der Waals surface area contributed by atoms with E-state index in [1.54, 1.807) is 4.57 Å². The fourth-order valence-electron chi connectivity index (χ4n) is 4.51. The van der Waals surface area contributed by atoms with Crippen molar-refractivity contribution in [2.75, 3.05) is 24.6 Å². The van der Waals surface area contributed by atoms with E-state index in [9.17, 15) is 28.8 Å². The Morgan fingerprint density at radius 1 is 1.30 bits per heavy atom. The maximum Gasteiger partial charge on any atom is 0.263 e. The Balaban J connectivity index is 1.64. The molecule has 2 fully saturated rings. The second-order valence-corrected chi connectivity index (χ2v) is 10.8. The van der Waals surface area contributed by atoms with Crippen LogP contribution in [-0.4, -0.2) is 80.2 Å². The number of aromatic nitrogens is 1. The number of likely N-dealkylation sites (tertiary alicyclic amines) is 1. The topological polar surface area (TPSA) is 178 Å². The summed E-state index contributed by atoms with van der Waals surface area (Å²) in [4.78, 5) is 52.7. The molecule has 3 atom stereocenters. The van der Waals surface area contributed by atoms with Gasteiger partial charge in [-0.25, -0.2) is 9.45 Å². The second kappa shape index (κ2) is 11.0. The summed E-state index contributed by atoms with van der Waals surface area (Å²) in [6, 6.07) is -0.824. The van der Waals surface area contributed by atoms with Crippen LogP contribution in [0.5, 0.6) is 0 Å². The van der Waals surface area contributed by atoms with Crippen LogP contribution in [0.2, 0.25) is 5.02 Å². The van der Waals surface area contributed by atoms with E-state index in [1.807, 2.05) is 0 Å². The minimum Gasteiger partial charge on any atom is -0.368 e. The number of carbonyl (C=O) groups is 3. The molecule has 3 amide bonds. The number of nitrogens with zero attached hydrogens (tertiary/aromatic N) is 3. The highest BCUT2D eigenvalue weighted by Gasteiger charge is 2.44. The summed E-state index contributed by atoms with van der Waals surface area (Å²) in [5.74, 6) is -2.44. The highest BCUT2D eigenvalue weighted by molar-refractivity contribution is 7.99. The lowest BCUT2D eigenvalue weighted by atomic mass is 10.1. The van der Waals surface area contributed by atoms with Gasteiger partial charge in [0.05, 0.1) is 22.6 Å². The van der Waals surface area contributed by atoms with Crippen LogP contribution >= 0.6 is 23.4 Å². The van der Waals surface area contributed by atoms with Crippen molar-refractivity contribution in [3.8, 4) is 0 Å². The fourth-order valence-corrected chi connectivity index (χ4v) is 5.39. The summed E-state index contributed by atoms with van der Waals surface area (Å²) in [5, 5.41) is 10.8. The van der Waals surface area contributed by atoms with Crippen LogP contribution in [0.25, 0.3) is 10.9 Å². The van der Waals surface area contributed by atoms with E-state index >= 15 is 0 Å². The van der Waals surface area contributed by atoms with Gasteiger partial charge in [0.2, 0.25) is 11.3 Å². The number of halogens is 2. The van der Waals surface area contributed by atoms with Crippen LogP contribution < -0.4 is 22.6 Å². The molecule has 2 aliphatic rings. The third kappa shape index (κ3) is 5.46. The molecule has 4 rings (SSSR count). The molecule has 1 saturated heterocycles. The van der Waals surface area contributed by atoms with Gasteiger partial charge in [-0.3, -0.25) is 24.4 Å². The van der Waals surface area contributed by atoms with E-state index in [1.165, 1.54) is 24.0 Å². The Labute approximate surface area is 220 Å². The minimum atomic E-state index is -1.19. The van der Waals surface area contributed by atoms with Crippen LogP contribution in [-0.2, 0) is 9.59 Å². The molecule has 1 aliphatic carbocycles. The summed E-state index contributed by atoms with van der Waals surface area (Å²) in [6.45, 7) is 0.151. The van der Waals surface area contributed by atoms with Crippen LogP contribution in [0.15, 0.2) is 23.1 Å². The van der Waals surface area contributed by atoms with E-state index in [4.69, 9.17) is 28.8 Å². The SMILES string of the molecule is NCCSC[C@H](N)C(=O)N(O)[C@H]1C[C@@H](C(N)=O)N(C(=O)c2cn(C3CC3)c3cc(Cl)c(F)cc3c2=O)C1. The standard InChI is InChI=1S/C23H28ClFN6O5S/c24-15-7-18-13(6-16(15)25)20(32)14(9-29(18)11-1-2-11)22(34)30-8-12(5-19(30)21(28)33)31(36)23(35)17(27)10-37-4-3-26/h6-7,9,11-12,17,19,36H,1-5,8,10,26-27H2,(H2,28,33)/t12-,17-,19-/m0/s1. The Kier molecular flexibility index (Phi) is 8.09. The average molecular weight is 555 g/mol. The molecule has 1 saturated carbocycles. The molecule has 0 bridgehead atoms. The van der Waals surface area contributed by atoms with Crippen molar-refractivity contribution in [1.29, 1.82) is 0 Å². The van der Waals surface area contributed by atoms with Crippen molar-refractivity contribution in [2.45, 2.75) is 43.4 Å². The van der Waals surface area contributed by atoms with E-state index in [-0.39, 0.29) is 40.7 Å². The first-order valence-corrected chi connectivity index (χ1v) is 13.3. The number of thioether (sulfide) groups is 1. The molecule has 2 heterocycles. The van der Waals surface area contributed by atoms with Gasteiger partial charge in [0.25, 0.3) is 11.8 Å². The van der Waals surface area contributed by atoms with E-state index in [0.29, 0.717) is 22.9 Å². The van der Waals surface area contributed by atoms with Gasteiger partial charge < -0.3 is 26.7 Å². The number of hydrogen-bond acceptors (Lipinski definition) is 8. The van der Waals surface area contributed by atoms with Crippen LogP contribution in [0.3, 0.4) is 0 Å². The van der Waals surface area contributed by atoms with Crippen molar-refractivity contribution in [1.82, 2.24) is 14.5 Å². The zero-order valence-electron chi connectivity index (χ0n) is 19.8. The highest BCUT2D eigenvalue weighted by atomic mass is 35.5. The van der Waals surface area contributed by atoms with Gasteiger partial charge in [-0.05, 0) is 25.0 Å². The van der Waals surface area contributed by atoms with E-state index in [2.05, 4.69) is 0 Å². The Morgan fingerprint density at radius 3 is 2.62 bits per heavy atom. The average Bonchev–Trinajstić information content (AvgIpc) is 3.61. The highest BCUT2D eigenvalue weighted by Crippen LogP contribution is 2.38. The molecule has 0 spiro atoms. The van der Waals surface area contributed by atoms with Crippen molar-refractivity contribution in [2.24, 2.45) is 17.2 Å². The van der Waals surface area contributed by atoms with Crippen LogP contribution in [0.1, 0.15) is 35.7 Å². The molecule has 2 aromatic rings. The first-order chi connectivity index (χ1) is 17.5. The van der Waals surface area contributed by atoms with E-state index < -0.39 is 47.1 Å². The molecule has 1 aliphatic heterocycles. The predicted octanol–water partition coefficient (Wildman–Crippen LogP) is 0.434. The zero-order valence-corrected chi connectivity index (χ0v) is 21.4. The fraction of sp³-hybridized carbons (Fsp3) is 0.478. The quantitative estimate of drug-likeness (QED) is 0.196. The molecule has 11 nitrogen and oxygen atoms in total. The molecule has 7 N–H and O–H groups in total. The first-order valence-electron chi connectivity index (χ1n) is 11.7. The summed E-state index contributed by atoms with van der Waals surface area (Å²) in [7, 11) is 0. The monoisotopic (exact) mass is 554 g/mol. The van der Waals surface area contributed by atoms with Gasteiger partial charge >= 0.3 is 0 Å². The maximum atomic E-state index is 14.2. The zero-order chi connectivity index (χ0) is 27.0. The number of rotatable bonds is 9. The third-order valence-electron chi connectivity index (χ3n) is 6.56. The van der Waals surface area contributed by atoms with Gasteiger partial charge in [0.1, 0.15) is 17.4 Å². The normalized spacial score (nSPS) is 20.3. The van der Waals surface area contributed by atoms with Crippen molar-refractivity contribution in [3.63, 3.8) is 0 Å². The predicted molar refractivity (Wildman–Crippen MR) is 137 cm³/mol. The summed E-state index contributed by atoms with van der Waals surface area (Å²) in [5.41, 5.74) is 16.2. The largest absolute Gasteiger partial charge is 0.368 e. The summed E-state index contributed by atoms with van der Waals surface area (Å²) in [6.07, 6.45) is 2.86. The number of amides is 3. The summed E-state index contributed by atoms with van der Waals surface area (Å²) >= 11 is 7.29. The lowest BCUT2D eigenvalue weighted by Gasteiger charge is -2.25. The van der Waals surface area contributed by atoms with Gasteiger partial charge in [-0.2, -0.15) is 11.8 Å². The third-order valence-corrected chi connectivity index (χ3v) is 7.97. The molecular weight excluding hydrogens is 527 g/mol. The molecular formula is C23H28ClFN6O5S. The molecule has 1 aromatic heterocycles. The van der Waals surface area contributed by atoms with Gasteiger partial charge in [-0.15, -0.1) is 0 Å². The van der Waals surface area contributed by atoms with Gasteiger partial charge in [0, 0.05) is 48.6 Å². The number of hydrogen-bond donors (Lipinski definition) is 4. The number of hydroxylamine groups is 2. The van der Waals surface area contributed by atoms with Crippen molar-refractivity contribution < 1.29 is 24.0 Å². The molecule has 37 heavy (non-hydrogen) atoms. The molecule has 0 radical (unpaired) electrons. The maximum absolute atomic E-state index is 14.2. The molecule has 0 unspecified atom stereocenters. The van der Waals surface area contributed by atoms with Crippen molar-refractivity contribution >= 4 is 52.0 Å². The van der Waals surface area contributed by atoms with Gasteiger partial charge in [-0.1, -0.05) is 11.6 Å². The van der Waals surface area contributed by atoms with Gasteiger partial charge in [0.15, 0.2) is 0 Å². The summed E-state index contributed by atoms with van der Waals surface area (Å²) < 4.78 is 15.9. The minimum absolute atomic E-state index is 0.0126. The number of primary amides is 1. The lowest BCUT2D eigenvalue weighted by Crippen LogP contribution is -2.49. The Bertz CT molecular complexity index is 1300. The van der Waals surface area contributed by atoms with Crippen molar-refractivity contribution in [3.05, 3.63) is 45.0 Å². The smallest absolute Gasteiger partial charge is 0.263 e. The van der Waals surface area contributed by atoms with E-state index in [0.717, 1.165) is 23.8 Å². The lowest BCUT2D eigenvalue weighted by molar-refractivity contribution is -0.175. The number of carbonyl (C=O) groups excluding carboxylic acids is 3. The Morgan fingerprint density at radius 2 is 2.00 bits per heavy atom. The second-order valence-electron chi connectivity index (χ2n) is 9.21.